The molecular formula is C17H26N2O3. The number of hydrogen-bond donors (Lipinski definition) is 1. The zero-order valence-electron chi connectivity index (χ0n) is 13.7. The van der Waals surface area contributed by atoms with Gasteiger partial charge in [-0.05, 0) is 18.9 Å². The zero-order valence-corrected chi connectivity index (χ0v) is 13.7. The van der Waals surface area contributed by atoms with E-state index in [1.165, 1.54) is 12.5 Å². The molecule has 2 amide bonds. The van der Waals surface area contributed by atoms with E-state index >= 15 is 0 Å². The molecule has 0 saturated carbocycles. The van der Waals surface area contributed by atoms with Crippen molar-refractivity contribution in [1.82, 2.24) is 10.2 Å². The van der Waals surface area contributed by atoms with Crippen LogP contribution in [0.3, 0.4) is 0 Å². The number of methoxy groups -OCH3 is 1. The zero-order chi connectivity index (χ0) is 16.4. The monoisotopic (exact) mass is 306 g/mol. The molecule has 1 aromatic rings. The van der Waals surface area contributed by atoms with E-state index in [2.05, 4.69) is 5.32 Å². The standard InChI is InChI=1S/C17H26N2O3/c1-14-6-4-7-16(12-14)13-18-17(21)8-10-19(15(2)20)9-5-11-22-3/h4,6-7,12H,5,8-11,13H2,1-3H3,(H,18,21). The Hall–Kier alpha value is -1.88. The molecule has 0 atom stereocenters. The summed E-state index contributed by atoms with van der Waals surface area (Å²) in [5.74, 6) is -0.0536. The lowest BCUT2D eigenvalue weighted by Gasteiger charge is -2.20. The molecular weight excluding hydrogens is 280 g/mol. The van der Waals surface area contributed by atoms with E-state index in [-0.39, 0.29) is 11.8 Å². The molecule has 1 aromatic carbocycles. The molecule has 1 N–H and O–H groups in total. The van der Waals surface area contributed by atoms with Crippen LogP contribution in [0.5, 0.6) is 0 Å². The van der Waals surface area contributed by atoms with Crippen molar-refractivity contribution in [3.8, 4) is 0 Å². The molecule has 0 unspecified atom stereocenters. The van der Waals surface area contributed by atoms with Gasteiger partial charge in [0.1, 0.15) is 0 Å². The first-order chi connectivity index (χ1) is 10.5. The van der Waals surface area contributed by atoms with E-state index in [9.17, 15) is 9.59 Å². The maximum absolute atomic E-state index is 11.9. The van der Waals surface area contributed by atoms with Crippen LogP contribution in [-0.2, 0) is 20.9 Å². The fraction of sp³-hybridized carbons (Fsp3) is 0.529. The Balaban J connectivity index is 2.32. The molecule has 0 spiro atoms. The number of hydrogen-bond acceptors (Lipinski definition) is 3. The molecule has 0 aliphatic rings. The van der Waals surface area contributed by atoms with Crippen LogP contribution in [0.15, 0.2) is 24.3 Å². The van der Waals surface area contributed by atoms with Gasteiger partial charge >= 0.3 is 0 Å². The molecule has 1 rings (SSSR count). The quantitative estimate of drug-likeness (QED) is 0.709. The number of carbonyl (C=O) groups is 2. The largest absolute Gasteiger partial charge is 0.385 e. The fourth-order valence-corrected chi connectivity index (χ4v) is 2.17. The van der Waals surface area contributed by atoms with Crippen LogP contribution in [0.1, 0.15) is 30.9 Å². The summed E-state index contributed by atoms with van der Waals surface area (Å²) in [4.78, 5) is 25.1. The summed E-state index contributed by atoms with van der Waals surface area (Å²) in [5, 5.41) is 2.89. The van der Waals surface area contributed by atoms with Gasteiger partial charge in [-0.2, -0.15) is 0 Å². The van der Waals surface area contributed by atoms with Crippen molar-refractivity contribution in [3.05, 3.63) is 35.4 Å². The van der Waals surface area contributed by atoms with E-state index < -0.39 is 0 Å². The second kappa shape index (κ2) is 9.95. The lowest BCUT2D eigenvalue weighted by atomic mass is 10.1. The third kappa shape index (κ3) is 7.22. The number of nitrogens with one attached hydrogen (secondary N) is 1. The van der Waals surface area contributed by atoms with Crippen LogP contribution < -0.4 is 5.32 Å². The van der Waals surface area contributed by atoms with E-state index in [0.29, 0.717) is 32.7 Å². The Morgan fingerprint density at radius 2 is 2.05 bits per heavy atom. The summed E-state index contributed by atoms with van der Waals surface area (Å²) < 4.78 is 4.98. The van der Waals surface area contributed by atoms with Gasteiger partial charge in [0.2, 0.25) is 11.8 Å². The number of carbonyl (C=O) groups excluding carboxylic acids is 2. The highest BCUT2D eigenvalue weighted by molar-refractivity contribution is 5.78. The fourth-order valence-electron chi connectivity index (χ4n) is 2.17. The maximum Gasteiger partial charge on any atom is 0.222 e. The van der Waals surface area contributed by atoms with Crippen molar-refractivity contribution >= 4 is 11.8 Å². The molecule has 22 heavy (non-hydrogen) atoms. The van der Waals surface area contributed by atoms with Crippen molar-refractivity contribution in [2.75, 3.05) is 26.8 Å². The van der Waals surface area contributed by atoms with E-state index in [4.69, 9.17) is 4.74 Å². The van der Waals surface area contributed by atoms with Gasteiger partial charge in [0.25, 0.3) is 0 Å². The number of aryl methyl sites for hydroxylation is 1. The molecule has 0 aliphatic carbocycles. The molecule has 5 nitrogen and oxygen atoms in total. The first-order valence-electron chi connectivity index (χ1n) is 7.59. The minimum Gasteiger partial charge on any atom is -0.385 e. The van der Waals surface area contributed by atoms with Gasteiger partial charge in [-0.15, -0.1) is 0 Å². The first kappa shape index (κ1) is 18.2. The summed E-state index contributed by atoms with van der Waals surface area (Å²) in [5.41, 5.74) is 2.25. The second-order valence-corrected chi connectivity index (χ2v) is 5.37. The Kier molecular flexibility index (Phi) is 8.22. The maximum atomic E-state index is 11.9. The van der Waals surface area contributed by atoms with Gasteiger partial charge in [-0.3, -0.25) is 9.59 Å². The van der Waals surface area contributed by atoms with Crippen molar-refractivity contribution in [2.45, 2.75) is 33.2 Å². The Bertz CT molecular complexity index is 489. The summed E-state index contributed by atoms with van der Waals surface area (Å²) >= 11 is 0. The van der Waals surface area contributed by atoms with E-state index in [1.807, 2.05) is 31.2 Å². The molecule has 5 heteroatoms. The number of rotatable bonds is 9. The first-order valence-corrected chi connectivity index (χ1v) is 7.59. The van der Waals surface area contributed by atoms with Crippen LogP contribution in [0.4, 0.5) is 0 Å². The van der Waals surface area contributed by atoms with Crippen LogP contribution in [0.2, 0.25) is 0 Å². The van der Waals surface area contributed by atoms with Crippen LogP contribution >= 0.6 is 0 Å². The number of nitrogens with zero attached hydrogens (tertiary/aromatic N) is 1. The van der Waals surface area contributed by atoms with Crippen LogP contribution in [-0.4, -0.2) is 43.5 Å². The predicted octanol–water partition coefficient (Wildman–Crippen LogP) is 1.89. The van der Waals surface area contributed by atoms with Crippen molar-refractivity contribution in [2.24, 2.45) is 0 Å². The topological polar surface area (TPSA) is 58.6 Å². The normalized spacial score (nSPS) is 10.3. The summed E-state index contributed by atoms with van der Waals surface area (Å²) in [6, 6.07) is 8.03. The third-order valence-corrected chi connectivity index (χ3v) is 3.40. The van der Waals surface area contributed by atoms with Crippen molar-refractivity contribution in [3.63, 3.8) is 0 Å². The van der Waals surface area contributed by atoms with Crippen LogP contribution in [0.25, 0.3) is 0 Å². The van der Waals surface area contributed by atoms with Gasteiger partial charge in [-0.1, -0.05) is 29.8 Å². The van der Waals surface area contributed by atoms with Gasteiger partial charge < -0.3 is 15.0 Å². The minimum atomic E-state index is -0.0421. The molecule has 0 aromatic heterocycles. The summed E-state index contributed by atoms with van der Waals surface area (Å²) in [6.45, 7) is 5.74. The van der Waals surface area contributed by atoms with Crippen molar-refractivity contribution < 1.29 is 14.3 Å². The Morgan fingerprint density at radius 1 is 1.27 bits per heavy atom. The highest BCUT2D eigenvalue weighted by Crippen LogP contribution is 2.03. The summed E-state index contributed by atoms with van der Waals surface area (Å²) in [6.07, 6.45) is 1.10. The number of benzene rings is 1. The average Bonchev–Trinajstić information content (AvgIpc) is 2.48. The van der Waals surface area contributed by atoms with E-state index in [1.54, 1.807) is 12.0 Å². The highest BCUT2D eigenvalue weighted by atomic mass is 16.5. The molecule has 0 saturated heterocycles. The van der Waals surface area contributed by atoms with Gasteiger partial charge in [0, 0.05) is 46.7 Å². The SMILES string of the molecule is COCCCN(CCC(=O)NCc1cccc(C)c1)C(C)=O. The van der Waals surface area contributed by atoms with E-state index in [0.717, 1.165) is 12.0 Å². The summed E-state index contributed by atoms with van der Waals surface area (Å²) in [7, 11) is 1.64. The van der Waals surface area contributed by atoms with Gasteiger partial charge in [-0.25, -0.2) is 0 Å². The Morgan fingerprint density at radius 3 is 2.68 bits per heavy atom. The molecule has 0 heterocycles. The number of ether oxygens (including phenoxy) is 1. The van der Waals surface area contributed by atoms with Crippen molar-refractivity contribution in [1.29, 1.82) is 0 Å². The third-order valence-electron chi connectivity index (χ3n) is 3.40. The smallest absolute Gasteiger partial charge is 0.222 e. The lowest BCUT2D eigenvalue weighted by molar-refractivity contribution is -0.129. The van der Waals surface area contributed by atoms with Gasteiger partial charge in [0.05, 0.1) is 0 Å². The second-order valence-electron chi connectivity index (χ2n) is 5.37. The average molecular weight is 306 g/mol. The highest BCUT2D eigenvalue weighted by Gasteiger charge is 2.10. The molecule has 0 radical (unpaired) electrons. The molecule has 0 fully saturated rings. The predicted molar refractivity (Wildman–Crippen MR) is 86.4 cm³/mol. The van der Waals surface area contributed by atoms with Crippen LogP contribution in [0, 0.1) is 6.92 Å². The minimum absolute atomic E-state index is 0.0115. The number of amides is 2. The Labute approximate surface area is 132 Å². The lowest BCUT2D eigenvalue weighted by Crippen LogP contribution is -2.34. The molecule has 0 bridgehead atoms. The molecule has 0 aliphatic heterocycles. The van der Waals surface area contributed by atoms with Gasteiger partial charge in [0.15, 0.2) is 0 Å². The molecule has 122 valence electrons.